The third-order valence-electron chi connectivity index (χ3n) is 5.80. The third-order valence-corrected chi connectivity index (χ3v) is 7.08. The minimum absolute atomic E-state index is 0.109. The number of pyridine rings is 1. The van der Waals surface area contributed by atoms with Crippen molar-refractivity contribution < 1.29 is 29.7 Å². The normalized spacial score (nSPS) is 14.7. The maximum Gasteiger partial charge on any atom is 0.313 e. The zero-order valence-corrected chi connectivity index (χ0v) is 18.8. The lowest BCUT2D eigenvalue weighted by Crippen LogP contribution is -2.50. The van der Waals surface area contributed by atoms with E-state index >= 15 is 0 Å². The molecule has 1 aromatic carbocycles. The number of thiophene rings is 1. The van der Waals surface area contributed by atoms with Crippen LogP contribution < -0.4 is 5.32 Å². The molecule has 1 aliphatic heterocycles. The minimum Gasteiger partial charge on any atom is -0.392 e. The smallest absolute Gasteiger partial charge is 0.313 e. The number of carbonyl (C=O) groups is 3. The standard InChI is InChI=1S/C22H24N4O6S/c1-25-2-4-26(5-3-25)22(32)21(31)24-18-15-8-23-16-7-13(10-28)12(9-27)6-14(16)19(15)33-20(18)17(30)11-29/h6-8,27-29H,2-5,9-11H2,1H3,(H,24,31). The molecule has 11 heteroatoms. The van der Waals surface area contributed by atoms with E-state index in [-0.39, 0.29) is 23.8 Å². The number of amides is 2. The first-order chi connectivity index (χ1) is 15.9. The van der Waals surface area contributed by atoms with Gasteiger partial charge >= 0.3 is 11.8 Å². The Morgan fingerprint density at radius 2 is 1.70 bits per heavy atom. The molecule has 0 atom stereocenters. The Bertz CT molecular complexity index is 1250. The van der Waals surface area contributed by atoms with Gasteiger partial charge in [0.1, 0.15) is 6.61 Å². The second kappa shape index (κ2) is 9.49. The Kier molecular flexibility index (Phi) is 6.68. The van der Waals surface area contributed by atoms with Crippen LogP contribution in [0.4, 0.5) is 5.69 Å². The molecule has 3 heterocycles. The highest BCUT2D eigenvalue weighted by Gasteiger charge is 2.28. The summed E-state index contributed by atoms with van der Waals surface area (Å²) in [5.41, 5.74) is 1.72. The van der Waals surface area contributed by atoms with Crippen LogP contribution in [0.5, 0.6) is 0 Å². The van der Waals surface area contributed by atoms with E-state index in [1.807, 2.05) is 7.05 Å². The van der Waals surface area contributed by atoms with Crippen molar-refractivity contribution in [3.63, 3.8) is 0 Å². The van der Waals surface area contributed by atoms with Gasteiger partial charge in [0.05, 0.1) is 29.3 Å². The Labute approximate surface area is 193 Å². The number of likely N-dealkylation sites (N-methyl/N-ethyl adjacent to an activating group) is 1. The van der Waals surface area contributed by atoms with Crippen molar-refractivity contribution >= 4 is 55.6 Å². The first-order valence-corrected chi connectivity index (χ1v) is 11.2. The van der Waals surface area contributed by atoms with Crippen molar-refractivity contribution in [1.29, 1.82) is 0 Å². The number of aliphatic hydroxyl groups excluding tert-OH is 3. The van der Waals surface area contributed by atoms with Crippen molar-refractivity contribution in [1.82, 2.24) is 14.8 Å². The molecule has 1 saturated heterocycles. The molecular weight excluding hydrogens is 448 g/mol. The van der Waals surface area contributed by atoms with E-state index in [0.29, 0.717) is 58.3 Å². The molecule has 174 valence electrons. The molecule has 2 aromatic heterocycles. The van der Waals surface area contributed by atoms with E-state index in [9.17, 15) is 29.7 Å². The zero-order valence-electron chi connectivity index (χ0n) is 18.0. The third kappa shape index (κ3) is 4.33. The monoisotopic (exact) mass is 472 g/mol. The highest BCUT2D eigenvalue weighted by molar-refractivity contribution is 7.22. The highest BCUT2D eigenvalue weighted by atomic mass is 32.1. The number of nitrogens with one attached hydrogen (secondary N) is 1. The van der Waals surface area contributed by atoms with Crippen LogP contribution in [-0.2, 0) is 22.8 Å². The van der Waals surface area contributed by atoms with Crippen LogP contribution in [0.15, 0.2) is 18.3 Å². The fraction of sp³-hybridized carbons (Fsp3) is 0.364. The first kappa shape index (κ1) is 23.2. The van der Waals surface area contributed by atoms with E-state index in [2.05, 4.69) is 15.2 Å². The Hall–Kier alpha value is -2.96. The summed E-state index contributed by atoms with van der Waals surface area (Å²) in [5.74, 6) is -2.15. The average Bonchev–Trinajstić information content (AvgIpc) is 3.21. The molecule has 0 aliphatic carbocycles. The van der Waals surface area contributed by atoms with Crippen LogP contribution >= 0.6 is 11.3 Å². The quantitative estimate of drug-likeness (QED) is 0.307. The Morgan fingerprint density at radius 3 is 2.33 bits per heavy atom. The van der Waals surface area contributed by atoms with Crippen LogP contribution in [0.25, 0.3) is 21.0 Å². The van der Waals surface area contributed by atoms with Crippen LogP contribution in [-0.4, -0.2) is 87.5 Å². The number of carbonyl (C=O) groups excluding carboxylic acids is 3. The molecule has 33 heavy (non-hydrogen) atoms. The van der Waals surface area contributed by atoms with Crippen LogP contribution in [0.2, 0.25) is 0 Å². The Balaban J connectivity index is 1.77. The van der Waals surface area contributed by atoms with Gasteiger partial charge in [-0.05, 0) is 30.3 Å². The van der Waals surface area contributed by atoms with Gasteiger partial charge < -0.3 is 30.4 Å². The fourth-order valence-electron chi connectivity index (χ4n) is 3.87. The summed E-state index contributed by atoms with van der Waals surface area (Å²) in [4.78, 5) is 46.0. The summed E-state index contributed by atoms with van der Waals surface area (Å²) in [7, 11) is 1.94. The number of ketones is 1. The highest BCUT2D eigenvalue weighted by Crippen LogP contribution is 2.40. The molecule has 10 nitrogen and oxygen atoms in total. The van der Waals surface area contributed by atoms with Gasteiger partial charge in [0.25, 0.3) is 0 Å². The van der Waals surface area contributed by atoms with Crippen molar-refractivity contribution in [2.75, 3.05) is 45.2 Å². The number of hydrogen-bond donors (Lipinski definition) is 4. The van der Waals surface area contributed by atoms with E-state index in [0.717, 1.165) is 11.3 Å². The van der Waals surface area contributed by atoms with Gasteiger partial charge in [-0.2, -0.15) is 0 Å². The molecule has 0 radical (unpaired) electrons. The number of benzene rings is 1. The molecule has 0 bridgehead atoms. The van der Waals surface area contributed by atoms with E-state index < -0.39 is 24.2 Å². The molecular formula is C22H24N4O6S. The van der Waals surface area contributed by atoms with Gasteiger partial charge in [-0.1, -0.05) is 0 Å². The zero-order chi connectivity index (χ0) is 23.7. The number of Topliss-reactive ketones (excluding diaryl/α,β-unsaturated/α-hetero) is 1. The van der Waals surface area contributed by atoms with Gasteiger partial charge in [0.15, 0.2) is 5.78 Å². The number of fused-ring (bicyclic) bond motifs is 3. The molecule has 4 N–H and O–H groups in total. The van der Waals surface area contributed by atoms with Crippen molar-refractivity contribution in [2.45, 2.75) is 13.2 Å². The topological polar surface area (TPSA) is 143 Å². The van der Waals surface area contributed by atoms with Gasteiger partial charge in [-0.25, -0.2) is 0 Å². The Morgan fingerprint density at radius 1 is 1.03 bits per heavy atom. The lowest BCUT2D eigenvalue weighted by atomic mass is 10.0. The number of rotatable bonds is 5. The lowest BCUT2D eigenvalue weighted by molar-refractivity contribution is -0.144. The second-order valence-electron chi connectivity index (χ2n) is 7.89. The summed E-state index contributed by atoms with van der Waals surface area (Å²) < 4.78 is 0.610. The SMILES string of the molecule is CN1CCN(C(=O)C(=O)Nc2c(C(=O)CO)sc3c2cnc2cc(CO)c(CO)cc23)CC1. The molecule has 1 fully saturated rings. The van der Waals surface area contributed by atoms with E-state index in [1.54, 1.807) is 12.1 Å². The van der Waals surface area contributed by atoms with Gasteiger partial charge in [0.2, 0.25) is 0 Å². The van der Waals surface area contributed by atoms with Crippen molar-refractivity contribution in [3.05, 3.63) is 34.3 Å². The first-order valence-electron chi connectivity index (χ1n) is 10.4. The summed E-state index contributed by atoms with van der Waals surface area (Å²) in [6.45, 7) is 0.863. The summed E-state index contributed by atoms with van der Waals surface area (Å²) in [6.07, 6.45) is 1.48. The number of hydrogen-bond acceptors (Lipinski definition) is 9. The molecule has 0 unspecified atom stereocenters. The largest absolute Gasteiger partial charge is 0.392 e. The predicted octanol–water partition coefficient (Wildman–Crippen LogP) is 0.322. The fourth-order valence-corrected chi connectivity index (χ4v) is 5.06. The van der Waals surface area contributed by atoms with E-state index in [1.165, 1.54) is 11.1 Å². The van der Waals surface area contributed by atoms with Crippen molar-refractivity contribution in [2.24, 2.45) is 0 Å². The summed E-state index contributed by atoms with van der Waals surface area (Å²) in [5, 5.41) is 32.3. The second-order valence-corrected chi connectivity index (χ2v) is 8.91. The van der Waals surface area contributed by atoms with Gasteiger partial charge in [-0.15, -0.1) is 11.3 Å². The lowest BCUT2D eigenvalue weighted by Gasteiger charge is -2.31. The number of nitrogens with zero attached hydrogens (tertiary/aromatic N) is 3. The average molecular weight is 473 g/mol. The maximum absolute atomic E-state index is 12.8. The number of aliphatic hydroxyl groups is 3. The number of aromatic nitrogens is 1. The summed E-state index contributed by atoms with van der Waals surface area (Å²) >= 11 is 1.07. The van der Waals surface area contributed by atoms with Crippen molar-refractivity contribution in [3.8, 4) is 0 Å². The minimum atomic E-state index is -0.863. The molecule has 2 amide bonds. The van der Waals surface area contributed by atoms with Crippen LogP contribution in [0, 0.1) is 0 Å². The van der Waals surface area contributed by atoms with E-state index in [4.69, 9.17) is 0 Å². The molecule has 1 aliphatic rings. The maximum atomic E-state index is 12.8. The number of anilines is 1. The predicted molar refractivity (Wildman–Crippen MR) is 123 cm³/mol. The molecule has 0 spiro atoms. The summed E-state index contributed by atoms with van der Waals surface area (Å²) in [6, 6.07) is 3.34. The number of piperazine rings is 1. The molecule has 4 rings (SSSR count). The van der Waals surface area contributed by atoms with Crippen LogP contribution in [0.3, 0.4) is 0 Å². The van der Waals surface area contributed by atoms with Crippen LogP contribution in [0.1, 0.15) is 20.8 Å². The van der Waals surface area contributed by atoms with Gasteiger partial charge in [0, 0.05) is 47.8 Å². The van der Waals surface area contributed by atoms with Gasteiger partial charge in [-0.3, -0.25) is 19.4 Å². The molecule has 0 saturated carbocycles. The molecule has 3 aromatic rings.